The van der Waals surface area contributed by atoms with Gasteiger partial charge < -0.3 is 4.74 Å². The van der Waals surface area contributed by atoms with Gasteiger partial charge in [-0.15, -0.1) is 0 Å². The van der Waals surface area contributed by atoms with Gasteiger partial charge in [0.1, 0.15) is 22.9 Å². The van der Waals surface area contributed by atoms with Crippen molar-refractivity contribution in [1.29, 1.82) is 0 Å². The van der Waals surface area contributed by atoms with E-state index in [4.69, 9.17) is 14.7 Å². The van der Waals surface area contributed by atoms with Crippen molar-refractivity contribution in [3.8, 4) is 11.3 Å². The van der Waals surface area contributed by atoms with E-state index in [9.17, 15) is 4.39 Å². The van der Waals surface area contributed by atoms with Gasteiger partial charge in [0, 0.05) is 29.8 Å². The van der Waals surface area contributed by atoms with Crippen molar-refractivity contribution in [1.82, 2.24) is 30.1 Å². The minimum atomic E-state index is -0.325. The first kappa shape index (κ1) is 19.7. The van der Waals surface area contributed by atoms with Gasteiger partial charge in [-0.25, -0.2) is 24.3 Å². The van der Waals surface area contributed by atoms with E-state index in [1.54, 1.807) is 12.3 Å². The first-order valence-corrected chi connectivity index (χ1v) is 10.4. The summed E-state index contributed by atoms with van der Waals surface area (Å²) in [4.78, 5) is 18.9. The Morgan fingerprint density at radius 1 is 1.06 bits per heavy atom. The minimum Gasteiger partial charge on any atom is -0.373 e. The van der Waals surface area contributed by atoms with E-state index >= 15 is 0 Å². The van der Waals surface area contributed by atoms with Crippen LogP contribution < -0.4 is 0 Å². The van der Waals surface area contributed by atoms with E-state index in [2.05, 4.69) is 20.2 Å². The van der Waals surface area contributed by atoms with E-state index in [-0.39, 0.29) is 17.8 Å². The Bertz CT molecular complexity index is 1260. The fraction of sp³-hybridized carbons (Fsp3) is 0.348. The van der Waals surface area contributed by atoms with Gasteiger partial charge in [0.05, 0.1) is 23.7 Å². The summed E-state index contributed by atoms with van der Waals surface area (Å²) in [5.41, 5.74) is 5.35. The number of H-pyrrole nitrogens is 1. The average molecular weight is 418 g/mol. The van der Waals surface area contributed by atoms with Crippen LogP contribution in [-0.2, 0) is 4.74 Å². The number of fused-ring (bicyclic) bond motifs is 1. The van der Waals surface area contributed by atoms with Crippen LogP contribution in [0.4, 0.5) is 4.39 Å². The molecule has 0 aliphatic carbocycles. The van der Waals surface area contributed by atoms with Crippen LogP contribution in [0.1, 0.15) is 53.2 Å². The summed E-state index contributed by atoms with van der Waals surface area (Å²) in [5.74, 6) is 0.389. The number of ether oxygens (including phenoxy) is 1. The van der Waals surface area contributed by atoms with Gasteiger partial charge in [-0.2, -0.15) is 5.10 Å². The van der Waals surface area contributed by atoms with E-state index in [0.717, 1.165) is 35.4 Å². The second-order valence-electron chi connectivity index (χ2n) is 8.09. The summed E-state index contributed by atoms with van der Waals surface area (Å²) < 4.78 is 20.9. The number of benzene rings is 1. The zero-order chi connectivity index (χ0) is 21.5. The number of rotatable bonds is 3. The molecule has 5 rings (SSSR count). The molecule has 8 heteroatoms. The highest BCUT2D eigenvalue weighted by Crippen LogP contribution is 2.37. The summed E-state index contributed by atoms with van der Waals surface area (Å²) in [6.07, 6.45) is 5.05. The van der Waals surface area contributed by atoms with Crippen LogP contribution in [0.5, 0.6) is 0 Å². The van der Waals surface area contributed by atoms with Crippen LogP contribution in [0.25, 0.3) is 22.4 Å². The average Bonchev–Trinajstić information content (AvgIpc) is 3.29. The van der Waals surface area contributed by atoms with Gasteiger partial charge >= 0.3 is 0 Å². The summed E-state index contributed by atoms with van der Waals surface area (Å²) >= 11 is 0. The normalized spacial score (nSPS) is 19.1. The van der Waals surface area contributed by atoms with Crippen LogP contribution >= 0.6 is 0 Å². The molecular formula is C23H23FN6O. The van der Waals surface area contributed by atoms with Crippen molar-refractivity contribution in [3.63, 3.8) is 0 Å². The lowest BCUT2D eigenvalue weighted by Crippen LogP contribution is -2.20. The number of hydrogen-bond acceptors (Lipinski definition) is 6. The molecule has 4 heterocycles. The standard InChI is InChI=1S/C23H23FN6O/c1-12-4-5-17(18(24)8-12)20-21-23(28-14(3)13(2)27-21)30-22(29-20)15-6-7-31-19(9-15)16-10-25-26-11-16/h4-5,8,10-11,15,19H,6-7,9H2,1-3H3,(H,25,26)/t15-,19-/m1/s1. The quantitative estimate of drug-likeness (QED) is 0.527. The molecule has 0 saturated carbocycles. The molecule has 1 N–H and O–H groups in total. The van der Waals surface area contributed by atoms with Gasteiger partial charge in [0.15, 0.2) is 5.65 Å². The third-order valence-corrected chi connectivity index (χ3v) is 5.88. The van der Waals surface area contributed by atoms with E-state index in [1.807, 2.05) is 33.0 Å². The molecule has 1 aliphatic heterocycles. The molecule has 2 atom stereocenters. The largest absolute Gasteiger partial charge is 0.373 e. The van der Waals surface area contributed by atoms with Crippen molar-refractivity contribution in [2.24, 2.45) is 0 Å². The van der Waals surface area contributed by atoms with Crippen molar-refractivity contribution in [3.05, 3.63) is 64.7 Å². The molecule has 0 radical (unpaired) electrons. The molecule has 4 aromatic rings. The van der Waals surface area contributed by atoms with E-state index in [1.165, 1.54) is 6.07 Å². The van der Waals surface area contributed by atoms with Crippen LogP contribution in [0.15, 0.2) is 30.6 Å². The zero-order valence-electron chi connectivity index (χ0n) is 17.7. The molecule has 0 bridgehead atoms. The van der Waals surface area contributed by atoms with Gasteiger partial charge in [-0.3, -0.25) is 5.10 Å². The third kappa shape index (κ3) is 3.67. The maximum atomic E-state index is 14.9. The number of aryl methyl sites for hydroxylation is 3. The Kier molecular flexibility index (Phi) is 4.94. The topological polar surface area (TPSA) is 89.5 Å². The monoisotopic (exact) mass is 418 g/mol. The molecule has 0 amide bonds. The number of halogens is 1. The maximum Gasteiger partial charge on any atom is 0.182 e. The molecule has 158 valence electrons. The summed E-state index contributed by atoms with van der Waals surface area (Å²) in [6, 6.07) is 5.15. The lowest BCUT2D eigenvalue weighted by Gasteiger charge is -2.28. The molecule has 7 nitrogen and oxygen atoms in total. The first-order valence-electron chi connectivity index (χ1n) is 10.4. The zero-order valence-corrected chi connectivity index (χ0v) is 17.7. The molecule has 31 heavy (non-hydrogen) atoms. The van der Waals surface area contributed by atoms with Gasteiger partial charge in [-0.1, -0.05) is 6.07 Å². The van der Waals surface area contributed by atoms with Gasteiger partial charge in [0.2, 0.25) is 0 Å². The van der Waals surface area contributed by atoms with Crippen LogP contribution in [0.3, 0.4) is 0 Å². The van der Waals surface area contributed by atoms with E-state index < -0.39 is 0 Å². The smallest absolute Gasteiger partial charge is 0.182 e. The second-order valence-corrected chi connectivity index (χ2v) is 8.09. The first-order chi connectivity index (χ1) is 15.0. The predicted molar refractivity (Wildman–Crippen MR) is 114 cm³/mol. The molecule has 0 spiro atoms. The minimum absolute atomic E-state index is 0.0636. The van der Waals surface area contributed by atoms with Crippen molar-refractivity contribution in [2.75, 3.05) is 6.61 Å². The Labute approximate surface area is 179 Å². The SMILES string of the molecule is Cc1ccc(-c2nc([C@@H]3CCO[C@@H](c4cn[nH]c4)C3)nc3nc(C)c(C)nc23)c(F)c1. The van der Waals surface area contributed by atoms with Crippen LogP contribution in [0.2, 0.25) is 0 Å². The lowest BCUT2D eigenvalue weighted by atomic mass is 9.92. The fourth-order valence-corrected chi connectivity index (χ4v) is 4.01. The Morgan fingerprint density at radius 3 is 2.68 bits per heavy atom. The van der Waals surface area contributed by atoms with Crippen LogP contribution in [-0.4, -0.2) is 36.7 Å². The number of aromatic nitrogens is 6. The lowest BCUT2D eigenvalue weighted by molar-refractivity contribution is 0.00403. The Morgan fingerprint density at radius 2 is 1.90 bits per heavy atom. The fourth-order valence-electron chi connectivity index (χ4n) is 4.01. The highest BCUT2D eigenvalue weighted by molar-refractivity contribution is 5.87. The molecule has 3 aromatic heterocycles. The van der Waals surface area contributed by atoms with Crippen LogP contribution in [0, 0.1) is 26.6 Å². The van der Waals surface area contributed by atoms with E-state index in [0.29, 0.717) is 34.9 Å². The Hall–Kier alpha value is -3.26. The molecule has 1 fully saturated rings. The second kappa shape index (κ2) is 7.77. The molecular weight excluding hydrogens is 395 g/mol. The van der Waals surface area contributed by atoms with Gasteiger partial charge in [0.25, 0.3) is 0 Å². The molecule has 0 unspecified atom stereocenters. The van der Waals surface area contributed by atoms with Crippen molar-refractivity contribution < 1.29 is 9.13 Å². The number of aromatic amines is 1. The maximum absolute atomic E-state index is 14.9. The van der Waals surface area contributed by atoms with Crippen molar-refractivity contribution >= 4 is 11.2 Å². The summed E-state index contributed by atoms with van der Waals surface area (Å²) in [6.45, 7) is 6.24. The molecule has 1 aromatic carbocycles. The molecule has 1 saturated heterocycles. The number of hydrogen-bond donors (Lipinski definition) is 1. The van der Waals surface area contributed by atoms with Crippen molar-refractivity contribution in [2.45, 2.75) is 45.6 Å². The predicted octanol–water partition coefficient (Wildman–Crippen LogP) is 4.51. The summed E-state index contributed by atoms with van der Waals surface area (Å²) in [5, 5.41) is 6.87. The number of nitrogens with zero attached hydrogens (tertiary/aromatic N) is 5. The molecule has 1 aliphatic rings. The van der Waals surface area contributed by atoms with Gasteiger partial charge in [-0.05, 0) is 51.3 Å². The highest BCUT2D eigenvalue weighted by Gasteiger charge is 2.29. The third-order valence-electron chi connectivity index (χ3n) is 5.88. The Balaban J connectivity index is 1.64. The highest BCUT2D eigenvalue weighted by atomic mass is 19.1. The summed E-state index contributed by atoms with van der Waals surface area (Å²) in [7, 11) is 0. The number of nitrogens with one attached hydrogen (secondary N) is 1.